The molecule has 5 unspecified atom stereocenters. The van der Waals surface area contributed by atoms with E-state index in [-0.39, 0.29) is 38.1 Å². The van der Waals surface area contributed by atoms with Crippen LogP contribution in [-0.2, 0) is 25.6 Å². The lowest BCUT2D eigenvalue weighted by molar-refractivity contribution is -0.143. The predicted octanol–water partition coefficient (Wildman–Crippen LogP) is 3.55. The summed E-state index contributed by atoms with van der Waals surface area (Å²) < 4.78 is 0. The largest absolute Gasteiger partial charge is 0.348 e. The van der Waals surface area contributed by atoms with Gasteiger partial charge in [0.25, 0.3) is 0 Å². The van der Waals surface area contributed by atoms with Crippen molar-refractivity contribution in [3.63, 3.8) is 0 Å². The molecular formula is C37H61N7O4. The van der Waals surface area contributed by atoms with Gasteiger partial charge in [-0.15, -0.1) is 0 Å². The van der Waals surface area contributed by atoms with Crippen molar-refractivity contribution in [3.05, 3.63) is 18.2 Å². The van der Waals surface area contributed by atoms with Gasteiger partial charge >= 0.3 is 0 Å². The van der Waals surface area contributed by atoms with E-state index in [9.17, 15) is 19.2 Å². The molecule has 9 atom stereocenters. The normalized spacial score (nSPS) is 33.0. The lowest BCUT2D eigenvalue weighted by Crippen LogP contribution is -2.57. The lowest BCUT2D eigenvalue weighted by atomic mass is 9.44. The quantitative estimate of drug-likeness (QED) is 0.204. The van der Waals surface area contributed by atoms with Gasteiger partial charge in [-0.3, -0.25) is 19.2 Å². The first-order chi connectivity index (χ1) is 23.0. The second-order valence-corrected chi connectivity index (χ2v) is 16.0. The topological polar surface area (TPSA) is 162 Å². The molecule has 1 aromatic rings. The SMILES string of the molecule is CCC[C@@H](C)[C@H]1CCC2C3CCC4CC(N(CCc5cnc[nH]5)C(=O)CNC(=O)CNC(=O)CNC(=O)CN)CC[C@]4(C)C3CC[C@@]21C. The molecule has 0 radical (unpaired) electrons. The van der Waals surface area contributed by atoms with Crippen molar-refractivity contribution >= 4 is 23.6 Å². The van der Waals surface area contributed by atoms with Gasteiger partial charge in [0.2, 0.25) is 23.6 Å². The third kappa shape index (κ3) is 7.76. The fourth-order valence-corrected chi connectivity index (χ4v) is 11.2. The summed E-state index contributed by atoms with van der Waals surface area (Å²) in [7, 11) is 0. The number of fused-ring (bicyclic) bond motifs is 5. The third-order valence-electron chi connectivity index (χ3n) is 13.6. The van der Waals surface area contributed by atoms with Gasteiger partial charge in [-0.2, -0.15) is 0 Å². The van der Waals surface area contributed by atoms with Gasteiger partial charge in [0.1, 0.15) is 0 Å². The molecule has 11 heteroatoms. The van der Waals surface area contributed by atoms with Crippen LogP contribution >= 0.6 is 0 Å². The summed E-state index contributed by atoms with van der Waals surface area (Å²) in [5, 5.41) is 7.53. The van der Waals surface area contributed by atoms with E-state index in [1.54, 1.807) is 12.5 Å². The molecule has 0 saturated heterocycles. The van der Waals surface area contributed by atoms with Gasteiger partial charge in [-0.1, -0.05) is 40.5 Å². The number of hydrogen-bond donors (Lipinski definition) is 5. The Morgan fingerprint density at radius 1 is 0.938 bits per heavy atom. The molecule has 4 fully saturated rings. The van der Waals surface area contributed by atoms with E-state index in [1.165, 1.54) is 51.4 Å². The van der Waals surface area contributed by atoms with Crippen LogP contribution in [0.3, 0.4) is 0 Å². The molecule has 0 spiro atoms. The minimum Gasteiger partial charge on any atom is -0.348 e. The van der Waals surface area contributed by atoms with E-state index >= 15 is 0 Å². The smallest absolute Gasteiger partial charge is 0.242 e. The number of nitrogens with zero attached hydrogens (tertiary/aromatic N) is 2. The Morgan fingerprint density at radius 3 is 2.31 bits per heavy atom. The third-order valence-corrected chi connectivity index (χ3v) is 13.6. The van der Waals surface area contributed by atoms with Crippen LogP contribution in [0.4, 0.5) is 0 Å². The molecule has 4 saturated carbocycles. The second kappa shape index (κ2) is 15.7. The molecule has 0 bridgehead atoms. The summed E-state index contributed by atoms with van der Waals surface area (Å²) in [5.74, 6) is 3.29. The molecule has 4 amide bonds. The number of aromatic amines is 1. The zero-order valence-electron chi connectivity index (χ0n) is 29.8. The van der Waals surface area contributed by atoms with Crippen molar-refractivity contribution in [2.75, 3.05) is 32.7 Å². The predicted molar refractivity (Wildman–Crippen MR) is 185 cm³/mol. The summed E-state index contributed by atoms with van der Waals surface area (Å²) in [6, 6.07) is 0.136. The van der Waals surface area contributed by atoms with Crippen LogP contribution < -0.4 is 21.7 Å². The van der Waals surface area contributed by atoms with Crippen molar-refractivity contribution in [3.8, 4) is 0 Å². The zero-order valence-corrected chi connectivity index (χ0v) is 29.8. The number of carbonyl (C=O) groups is 4. The van der Waals surface area contributed by atoms with Gasteiger partial charge in [-0.25, -0.2) is 4.98 Å². The number of aromatic nitrogens is 2. The number of carbonyl (C=O) groups excluding carboxylic acids is 4. The second-order valence-electron chi connectivity index (χ2n) is 16.0. The highest BCUT2D eigenvalue weighted by atomic mass is 16.2. The molecule has 6 N–H and O–H groups in total. The fraction of sp³-hybridized carbons (Fsp3) is 0.811. The zero-order chi connectivity index (χ0) is 34.5. The van der Waals surface area contributed by atoms with Crippen LogP contribution in [0.25, 0.3) is 0 Å². The Bertz CT molecular complexity index is 1270. The standard InChI is InChI=1S/C37H61N7O4/c1-5-6-24(2)29-9-10-30-28-8-7-25-17-27(11-14-36(25,3)31(28)12-15-37(29,30)4)44(16-13-26-19-39-23-43-26)35(48)22-42-34(47)21-41-33(46)20-40-32(45)18-38/h19,23-25,27-31H,5-18,20-22,38H2,1-4H3,(H,39,43)(H,40,45)(H,41,46)(H,42,47)/t24-,25?,27?,28?,29-,30?,31?,36+,37-/m1/s1. The van der Waals surface area contributed by atoms with E-state index in [4.69, 9.17) is 5.73 Å². The number of imidazole rings is 1. The maximum absolute atomic E-state index is 13.8. The average molecular weight is 668 g/mol. The molecule has 0 aliphatic heterocycles. The van der Waals surface area contributed by atoms with E-state index in [0.717, 1.165) is 54.5 Å². The number of nitrogens with one attached hydrogen (secondary N) is 4. The fourth-order valence-electron chi connectivity index (χ4n) is 11.2. The molecule has 11 nitrogen and oxygen atoms in total. The lowest BCUT2D eigenvalue weighted by Gasteiger charge is -2.62. The van der Waals surface area contributed by atoms with E-state index in [2.05, 4.69) is 53.6 Å². The van der Waals surface area contributed by atoms with Crippen molar-refractivity contribution < 1.29 is 19.2 Å². The summed E-state index contributed by atoms with van der Waals surface area (Å²) in [6.45, 7) is 9.79. The van der Waals surface area contributed by atoms with Crippen LogP contribution in [0.5, 0.6) is 0 Å². The highest BCUT2D eigenvalue weighted by Crippen LogP contribution is 2.68. The first kappa shape index (κ1) is 36.3. The number of rotatable bonds is 14. The Kier molecular flexibility index (Phi) is 11.9. The van der Waals surface area contributed by atoms with Gasteiger partial charge in [0.05, 0.1) is 32.5 Å². The Labute approximate surface area is 287 Å². The highest BCUT2D eigenvalue weighted by Gasteiger charge is 2.60. The van der Waals surface area contributed by atoms with Crippen LogP contribution in [-0.4, -0.2) is 77.3 Å². The summed E-state index contributed by atoms with van der Waals surface area (Å²) in [6.07, 6.45) is 18.1. The molecule has 5 rings (SSSR count). The first-order valence-electron chi connectivity index (χ1n) is 18.8. The van der Waals surface area contributed by atoms with Crippen LogP contribution in [0.2, 0.25) is 0 Å². The van der Waals surface area contributed by atoms with Gasteiger partial charge in [0, 0.05) is 30.9 Å². The average Bonchev–Trinajstić information content (AvgIpc) is 3.73. The Hall–Kier alpha value is -2.95. The molecular weight excluding hydrogens is 606 g/mol. The van der Waals surface area contributed by atoms with Crippen molar-refractivity contribution in [1.29, 1.82) is 0 Å². The molecule has 0 aromatic carbocycles. The van der Waals surface area contributed by atoms with Crippen LogP contribution in [0.1, 0.15) is 104 Å². The van der Waals surface area contributed by atoms with E-state index in [1.807, 2.05) is 4.90 Å². The van der Waals surface area contributed by atoms with E-state index in [0.29, 0.717) is 29.7 Å². The number of nitrogens with two attached hydrogens (primary N) is 1. The Balaban J connectivity index is 1.20. The highest BCUT2D eigenvalue weighted by molar-refractivity contribution is 5.90. The maximum atomic E-state index is 13.8. The van der Waals surface area contributed by atoms with Crippen LogP contribution in [0, 0.1) is 46.3 Å². The van der Waals surface area contributed by atoms with Crippen molar-refractivity contribution in [1.82, 2.24) is 30.8 Å². The minimum atomic E-state index is -0.499. The molecule has 268 valence electrons. The van der Waals surface area contributed by atoms with Gasteiger partial charge in [0.15, 0.2) is 0 Å². The minimum absolute atomic E-state index is 0.0988. The van der Waals surface area contributed by atoms with Crippen molar-refractivity contribution in [2.24, 2.45) is 52.1 Å². The molecule has 4 aliphatic rings. The first-order valence-corrected chi connectivity index (χ1v) is 18.8. The number of amides is 4. The maximum Gasteiger partial charge on any atom is 0.242 e. The Morgan fingerprint density at radius 2 is 1.62 bits per heavy atom. The monoisotopic (exact) mass is 667 g/mol. The van der Waals surface area contributed by atoms with Gasteiger partial charge in [-0.05, 0) is 104 Å². The summed E-state index contributed by atoms with van der Waals surface area (Å²) in [5.41, 5.74) is 7.04. The van der Waals surface area contributed by atoms with Crippen molar-refractivity contribution in [2.45, 2.75) is 111 Å². The van der Waals surface area contributed by atoms with Gasteiger partial charge < -0.3 is 31.6 Å². The molecule has 1 heterocycles. The number of hydrogen-bond acceptors (Lipinski definition) is 6. The molecule has 1 aromatic heterocycles. The molecule has 4 aliphatic carbocycles. The summed E-state index contributed by atoms with van der Waals surface area (Å²) >= 11 is 0. The van der Waals surface area contributed by atoms with Crippen LogP contribution in [0.15, 0.2) is 12.5 Å². The summed E-state index contributed by atoms with van der Waals surface area (Å²) in [4.78, 5) is 58.8. The molecule has 48 heavy (non-hydrogen) atoms. The number of H-pyrrole nitrogens is 1. The van der Waals surface area contributed by atoms with E-state index < -0.39 is 17.7 Å².